The van der Waals surface area contributed by atoms with E-state index < -0.39 is 0 Å². The third kappa shape index (κ3) is 2.21. The monoisotopic (exact) mass is 479 g/mol. The Hall–Kier alpha value is -4.88. The van der Waals surface area contributed by atoms with Gasteiger partial charge in [0, 0.05) is 21.8 Å². The number of H-pyrrole nitrogens is 1. The molecule has 38 heavy (non-hydrogen) atoms. The Morgan fingerprint density at radius 1 is 0.395 bits per heavy atom. The lowest BCUT2D eigenvalue weighted by molar-refractivity contribution is 1.27. The number of aromatic nitrogens is 1. The first-order valence-electron chi connectivity index (χ1n) is 13.4. The number of hydrogen-bond donors (Lipinski definition) is 1. The van der Waals surface area contributed by atoms with Crippen LogP contribution in [0.2, 0.25) is 0 Å². The van der Waals surface area contributed by atoms with Gasteiger partial charge < -0.3 is 4.98 Å². The maximum Gasteiger partial charge on any atom is 0.0477 e. The van der Waals surface area contributed by atoms with Crippen molar-refractivity contribution in [1.82, 2.24) is 4.98 Å². The van der Waals surface area contributed by atoms with Crippen LogP contribution in [0.25, 0.3) is 86.8 Å². The Bertz CT molecular complexity index is 2470. The Morgan fingerprint density at radius 3 is 1.92 bits per heavy atom. The zero-order valence-corrected chi connectivity index (χ0v) is 20.6. The summed E-state index contributed by atoms with van der Waals surface area (Å²) in [5.41, 5.74) is 8.17. The van der Waals surface area contributed by atoms with E-state index in [1.807, 2.05) is 0 Å². The van der Waals surface area contributed by atoms with Gasteiger partial charge >= 0.3 is 0 Å². The molecule has 1 aliphatic carbocycles. The Balaban J connectivity index is 1.43. The zero-order valence-electron chi connectivity index (χ0n) is 20.6. The van der Waals surface area contributed by atoms with Gasteiger partial charge in [-0.2, -0.15) is 0 Å². The summed E-state index contributed by atoms with van der Waals surface area (Å²) in [6.07, 6.45) is 1.00. The van der Waals surface area contributed by atoms with Crippen LogP contribution in [0.3, 0.4) is 0 Å². The second-order valence-corrected chi connectivity index (χ2v) is 11.0. The van der Waals surface area contributed by atoms with Gasteiger partial charge in [-0.25, -0.2) is 0 Å². The number of hydrogen-bond acceptors (Lipinski definition) is 0. The molecule has 1 heteroatoms. The molecule has 0 spiro atoms. The number of fused-ring (bicyclic) bond motifs is 12. The molecule has 1 heterocycles. The highest BCUT2D eigenvalue weighted by molar-refractivity contribution is 6.36. The summed E-state index contributed by atoms with van der Waals surface area (Å²) in [5.74, 6) is 0. The molecule has 8 aromatic carbocycles. The second kappa shape index (κ2) is 6.51. The van der Waals surface area contributed by atoms with Gasteiger partial charge in [0.2, 0.25) is 0 Å². The molecule has 9 aromatic rings. The second-order valence-electron chi connectivity index (χ2n) is 11.0. The van der Waals surface area contributed by atoms with Crippen molar-refractivity contribution in [3.63, 3.8) is 0 Å². The molecule has 0 bridgehead atoms. The summed E-state index contributed by atoms with van der Waals surface area (Å²) in [7, 11) is 0. The van der Waals surface area contributed by atoms with Gasteiger partial charge in [0.25, 0.3) is 0 Å². The molecule has 0 amide bonds. The SMILES string of the molecule is c1ccc2c3c(ccc2c1)Cc1cc2ccc4cc5[nH]c6ccc7ccccc7c6c5c5ccc(c1-3)c2c45. The van der Waals surface area contributed by atoms with E-state index in [9.17, 15) is 0 Å². The molecule has 1 aromatic heterocycles. The molecule has 0 radical (unpaired) electrons. The van der Waals surface area contributed by atoms with Crippen molar-refractivity contribution in [2.24, 2.45) is 0 Å². The molecule has 0 fully saturated rings. The van der Waals surface area contributed by atoms with Crippen LogP contribution in [-0.4, -0.2) is 4.98 Å². The van der Waals surface area contributed by atoms with Crippen molar-refractivity contribution >= 4 is 75.7 Å². The average molecular weight is 480 g/mol. The van der Waals surface area contributed by atoms with Gasteiger partial charge in [0.15, 0.2) is 0 Å². The van der Waals surface area contributed by atoms with Crippen molar-refractivity contribution in [2.45, 2.75) is 6.42 Å². The van der Waals surface area contributed by atoms with E-state index in [4.69, 9.17) is 0 Å². The molecule has 0 saturated carbocycles. The van der Waals surface area contributed by atoms with Crippen molar-refractivity contribution in [3.8, 4) is 11.1 Å². The number of aromatic amines is 1. The third-order valence-electron chi connectivity index (χ3n) is 9.08. The van der Waals surface area contributed by atoms with E-state index in [-0.39, 0.29) is 0 Å². The molecule has 10 rings (SSSR count). The van der Waals surface area contributed by atoms with E-state index in [0.29, 0.717) is 0 Å². The largest absolute Gasteiger partial charge is 0.354 e. The van der Waals surface area contributed by atoms with Gasteiger partial charge in [-0.1, -0.05) is 97.1 Å². The number of benzene rings is 8. The van der Waals surface area contributed by atoms with E-state index in [2.05, 4.69) is 114 Å². The first-order chi connectivity index (χ1) is 18.8. The molecule has 174 valence electrons. The van der Waals surface area contributed by atoms with Crippen LogP contribution in [0, 0.1) is 0 Å². The number of rotatable bonds is 0. The molecular formula is C37H21N. The molecular weight excluding hydrogens is 458 g/mol. The fourth-order valence-corrected chi connectivity index (χ4v) is 7.57. The van der Waals surface area contributed by atoms with Crippen molar-refractivity contribution < 1.29 is 0 Å². The van der Waals surface area contributed by atoms with Gasteiger partial charge in [-0.15, -0.1) is 0 Å². The minimum absolute atomic E-state index is 1.00. The van der Waals surface area contributed by atoms with E-state index in [1.165, 1.54) is 97.9 Å². The van der Waals surface area contributed by atoms with Crippen LogP contribution in [0.15, 0.2) is 109 Å². The summed E-state index contributed by atoms with van der Waals surface area (Å²) in [6, 6.07) is 41.0. The summed E-state index contributed by atoms with van der Waals surface area (Å²) in [6.45, 7) is 0. The van der Waals surface area contributed by atoms with Crippen LogP contribution in [0.1, 0.15) is 11.1 Å². The van der Waals surface area contributed by atoms with Gasteiger partial charge in [-0.05, 0) is 94.7 Å². The first-order valence-corrected chi connectivity index (χ1v) is 13.4. The number of nitrogens with one attached hydrogen (secondary N) is 1. The Morgan fingerprint density at radius 2 is 1.03 bits per heavy atom. The lowest BCUT2D eigenvalue weighted by Crippen LogP contribution is -1.89. The summed E-state index contributed by atoms with van der Waals surface area (Å²) >= 11 is 0. The maximum atomic E-state index is 3.75. The molecule has 1 N–H and O–H groups in total. The summed E-state index contributed by atoms with van der Waals surface area (Å²) in [4.78, 5) is 3.75. The highest BCUT2D eigenvalue weighted by atomic mass is 14.7. The smallest absolute Gasteiger partial charge is 0.0477 e. The van der Waals surface area contributed by atoms with E-state index in [1.54, 1.807) is 0 Å². The molecule has 0 saturated heterocycles. The van der Waals surface area contributed by atoms with Crippen LogP contribution in [0.5, 0.6) is 0 Å². The Kier molecular flexibility index (Phi) is 3.30. The van der Waals surface area contributed by atoms with Crippen LogP contribution in [0.4, 0.5) is 0 Å². The highest BCUT2D eigenvalue weighted by Crippen LogP contribution is 2.50. The van der Waals surface area contributed by atoms with Crippen LogP contribution >= 0.6 is 0 Å². The van der Waals surface area contributed by atoms with Gasteiger partial charge in [-0.3, -0.25) is 0 Å². The predicted octanol–water partition coefficient (Wildman–Crippen LogP) is 10.1. The lowest BCUT2D eigenvalue weighted by atomic mass is 9.87. The highest BCUT2D eigenvalue weighted by Gasteiger charge is 2.25. The van der Waals surface area contributed by atoms with Crippen LogP contribution < -0.4 is 0 Å². The molecule has 0 atom stereocenters. The molecule has 1 aliphatic rings. The summed E-state index contributed by atoms with van der Waals surface area (Å²) in [5, 5.41) is 16.1. The molecule has 0 aliphatic heterocycles. The van der Waals surface area contributed by atoms with Gasteiger partial charge in [0.05, 0.1) is 0 Å². The minimum atomic E-state index is 1.00. The fourth-order valence-electron chi connectivity index (χ4n) is 7.57. The zero-order chi connectivity index (χ0) is 24.5. The van der Waals surface area contributed by atoms with E-state index in [0.717, 1.165) is 6.42 Å². The molecule has 0 unspecified atom stereocenters. The Labute approximate surface area is 218 Å². The van der Waals surface area contributed by atoms with Crippen LogP contribution in [-0.2, 0) is 6.42 Å². The van der Waals surface area contributed by atoms with Crippen molar-refractivity contribution in [2.75, 3.05) is 0 Å². The van der Waals surface area contributed by atoms with Crippen molar-refractivity contribution in [3.05, 3.63) is 120 Å². The minimum Gasteiger partial charge on any atom is -0.354 e. The fraction of sp³-hybridized carbons (Fsp3) is 0.0270. The lowest BCUT2D eigenvalue weighted by Gasteiger charge is -2.16. The topological polar surface area (TPSA) is 15.8 Å². The first kappa shape index (κ1) is 19.3. The quantitative estimate of drug-likeness (QED) is 0.208. The standard InChI is InChI=1S/C37H21N/c1-3-7-26-20(5-1)9-10-22-17-25-18-23-11-12-24-19-31-37(29-15-14-28(33(23)34(24)29)35(25)32(22)26)36-27-8-4-2-6-21(27)13-16-30(36)38-31/h1-16,18-19,38H,17H2. The summed E-state index contributed by atoms with van der Waals surface area (Å²) < 4.78 is 0. The molecule has 1 nitrogen and oxygen atoms in total. The normalized spacial score (nSPS) is 13.2. The third-order valence-corrected chi connectivity index (χ3v) is 9.08. The average Bonchev–Trinajstić information content (AvgIpc) is 3.54. The van der Waals surface area contributed by atoms with Gasteiger partial charge in [0.1, 0.15) is 0 Å². The van der Waals surface area contributed by atoms with E-state index >= 15 is 0 Å². The predicted molar refractivity (Wildman–Crippen MR) is 163 cm³/mol. The van der Waals surface area contributed by atoms with Crippen molar-refractivity contribution in [1.29, 1.82) is 0 Å². The maximum absolute atomic E-state index is 3.75.